The van der Waals surface area contributed by atoms with Crippen molar-refractivity contribution in [3.05, 3.63) is 6.54 Å². The van der Waals surface area contributed by atoms with Crippen molar-refractivity contribution in [3.8, 4) is 0 Å². The molecule has 11 heavy (non-hydrogen) atoms. The van der Waals surface area contributed by atoms with Crippen LogP contribution in [0.25, 0.3) is 0 Å². The molecule has 0 bridgehead atoms. The average Bonchev–Trinajstić information content (AvgIpc) is 2.03. The van der Waals surface area contributed by atoms with Crippen LogP contribution in [0.1, 0.15) is 26.7 Å². The Kier molecular flexibility index (Phi) is 5.43. The minimum atomic E-state index is -0.450. The maximum absolute atomic E-state index is 10.8. The minimum absolute atomic E-state index is 0.349. The first-order valence-electron chi connectivity index (χ1n) is 3.85. The first-order chi connectivity index (χ1) is 5.26. The van der Waals surface area contributed by atoms with Gasteiger partial charge in [-0.25, -0.2) is 0 Å². The first kappa shape index (κ1) is 10.1. The van der Waals surface area contributed by atoms with E-state index in [1.807, 2.05) is 13.8 Å². The molecule has 0 saturated heterocycles. The maximum atomic E-state index is 10.8. The molecule has 0 aromatic carbocycles. The highest BCUT2D eigenvalue weighted by Crippen LogP contribution is 1.97. The number of amides is 1. The Morgan fingerprint density at radius 2 is 2.09 bits per heavy atom. The lowest BCUT2D eigenvalue weighted by atomic mass is 10.3. The number of hydrogen-bond donors (Lipinski definition) is 0. The summed E-state index contributed by atoms with van der Waals surface area (Å²) in [5.41, 5.74) is 0. The fourth-order valence-corrected chi connectivity index (χ4v) is 0.820. The van der Waals surface area contributed by atoms with Gasteiger partial charge in [-0.1, -0.05) is 13.8 Å². The van der Waals surface area contributed by atoms with Gasteiger partial charge >= 0.3 is 0 Å². The van der Waals surface area contributed by atoms with Crippen LogP contribution in [-0.2, 0) is 9.59 Å². The van der Waals surface area contributed by atoms with Gasteiger partial charge in [-0.3, -0.25) is 9.59 Å². The van der Waals surface area contributed by atoms with Crippen molar-refractivity contribution in [1.29, 1.82) is 0 Å². The summed E-state index contributed by atoms with van der Waals surface area (Å²) in [5, 5.41) is 0. The fourth-order valence-electron chi connectivity index (χ4n) is 0.820. The predicted octanol–water partition coefficient (Wildman–Crippen LogP) is 0.996. The second-order valence-electron chi connectivity index (χ2n) is 2.24. The lowest BCUT2D eigenvalue weighted by Gasteiger charge is -2.16. The zero-order valence-corrected chi connectivity index (χ0v) is 7.04. The molecule has 0 atom stereocenters. The van der Waals surface area contributed by atoms with E-state index in [9.17, 15) is 9.59 Å². The highest BCUT2D eigenvalue weighted by molar-refractivity contribution is 6.23. The third-order valence-electron chi connectivity index (χ3n) is 1.25. The van der Waals surface area contributed by atoms with Gasteiger partial charge in [-0.15, -0.1) is 0 Å². The van der Waals surface area contributed by atoms with E-state index in [1.54, 1.807) is 6.54 Å². The Labute approximate surface area is 67.4 Å². The standard InChI is InChI=1S/C8H14NO2/c1-3-5-9(6-4-2)8(11)7-10/h5,7H,3-4,6H2,1-2H3. The van der Waals surface area contributed by atoms with Crippen molar-refractivity contribution >= 4 is 12.2 Å². The van der Waals surface area contributed by atoms with Crippen LogP contribution in [0.3, 0.4) is 0 Å². The topological polar surface area (TPSA) is 37.4 Å². The van der Waals surface area contributed by atoms with Crippen molar-refractivity contribution in [3.63, 3.8) is 0 Å². The van der Waals surface area contributed by atoms with Crippen LogP contribution in [0, 0.1) is 6.54 Å². The normalized spacial score (nSPS) is 9.27. The van der Waals surface area contributed by atoms with Crippen molar-refractivity contribution in [2.45, 2.75) is 26.7 Å². The number of nitrogens with zero attached hydrogens (tertiary/aromatic N) is 1. The third kappa shape index (κ3) is 3.75. The van der Waals surface area contributed by atoms with E-state index in [2.05, 4.69) is 0 Å². The second-order valence-corrected chi connectivity index (χ2v) is 2.24. The second kappa shape index (κ2) is 5.89. The summed E-state index contributed by atoms with van der Waals surface area (Å²) in [6, 6.07) is 0. The summed E-state index contributed by atoms with van der Waals surface area (Å²) in [6.45, 7) is 6.26. The van der Waals surface area contributed by atoms with Crippen molar-refractivity contribution in [2.24, 2.45) is 0 Å². The summed E-state index contributed by atoms with van der Waals surface area (Å²) in [6.07, 6.45) is 2.00. The first-order valence-corrected chi connectivity index (χ1v) is 3.85. The van der Waals surface area contributed by atoms with E-state index < -0.39 is 5.91 Å². The SMILES string of the molecule is CC[CH]N(CCC)C(=O)C=O. The van der Waals surface area contributed by atoms with Crippen molar-refractivity contribution in [2.75, 3.05) is 6.54 Å². The molecule has 0 aromatic rings. The molecule has 0 rings (SSSR count). The molecule has 0 N–H and O–H groups in total. The van der Waals surface area contributed by atoms with E-state index in [0.717, 1.165) is 12.8 Å². The molecule has 0 fully saturated rings. The molecular weight excluding hydrogens is 142 g/mol. The van der Waals surface area contributed by atoms with E-state index in [0.29, 0.717) is 12.8 Å². The monoisotopic (exact) mass is 156 g/mol. The number of carbonyl (C=O) groups is 2. The molecule has 0 spiro atoms. The molecule has 0 aliphatic heterocycles. The molecule has 0 aliphatic rings. The van der Waals surface area contributed by atoms with E-state index in [4.69, 9.17) is 0 Å². The number of aldehydes is 1. The van der Waals surface area contributed by atoms with Crippen molar-refractivity contribution in [1.82, 2.24) is 4.90 Å². The largest absolute Gasteiger partial charge is 0.331 e. The highest BCUT2D eigenvalue weighted by Gasteiger charge is 2.09. The molecule has 0 saturated carbocycles. The molecule has 3 nitrogen and oxygen atoms in total. The molecule has 1 radical (unpaired) electrons. The van der Waals surface area contributed by atoms with Crippen LogP contribution < -0.4 is 0 Å². The molecular formula is C8H14NO2. The van der Waals surface area contributed by atoms with E-state index >= 15 is 0 Å². The average molecular weight is 156 g/mol. The van der Waals surface area contributed by atoms with Crippen LogP contribution in [-0.4, -0.2) is 23.6 Å². The molecule has 0 aromatic heterocycles. The van der Waals surface area contributed by atoms with Gasteiger partial charge in [-0.2, -0.15) is 0 Å². The molecule has 63 valence electrons. The predicted molar refractivity (Wildman–Crippen MR) is 42.7 cm³/mol. The van der Waals surface area contributed by atoms with E-state index in [1.165, 1.54) is 4.90 Å². The van der Waals surface area contributed by atoms with Gasteiger partial charge in [0.15, 0.2) is 0 Å². The van der Waals surface area contributed by atoms with Gasteiger partial charge in [0.05, 0.1) is 6.54 Å². The van der Waals surface area contributed by atoms with Crippen LogP contribution >= 0.6 is 0 Å². The Morgan fingerprint density at radius 1 is 1.45 bits per heavy atom. The van der Waals surface area contributed by atoms with Crippen LogP contribution in [0.15, 0.2) is 0 Å². The van der Waals surface area contributed by atoms with Gasteiger partial charge < -0.3 is 4.90 Å². The number of carbonyl (C=O) groups excluding carboxylic acids is 2. The van der Waals surface area contributed by atoms with Crippen LogP contribution in [0.2, 0.25) is 0 Å². The molecule has 0 heterocycles. The Balaban J connectivity index is 3.86. The summed E-state index contributed by atoms with van der Waals surface area (Å²) in [7, 11) is 0. The third-order valence-corrected chi connectivity index (χ3v) is 1.25. The lowest BCUT2D eigenvalue weighted by Crippen LogP contribution is -2.29. The van der Waals surface area contributed by atoms with Crippen LogP contribution in [0.4, 0.5) is 0 Å². The molecule has 1 amide bonds. The van der Waals surface area contributed by atoms with Crippen LogP contribution in [0.5, 0.6) is 0 Å². The molecule has 0 aliphatic carbocycles. The minimum Gasteiger partial charge on any atom is -0.331 e. The summed E-state index contributed by atoms with van der Waals surface area (Å²) >= 11 is 0. The Hall–Kier alpha value is -0.860. The Bertz CT molecular complexity index is 128. The highest BCUT2D eigenvalue weighted by atomic mass is 16.2. The zero-order valence-electron chi connectivity index (χ0n) is 7.04. The van der Waals surface area contributed by atoms with Gasteiger partial charge in [0.1, 0.15) is 0 Å². The van der Waals surface area contributed by atoms with Gasteiger partial charge in [0.2, 0.25) is 6.29 Å². The Morgan fingerprint density at radius 3 is 2.45 bits per heavy atom. The van der Waals surface area contributed by atoms with Gasteiger partial charge in [0.25, 0.3) is 5.91 Å². The smallest absolute Gasteiger partial charge is 0.287 e. The van der Waals surface area contributed by atoms with Crippen molar-refractivity contribution < 1.29 is 9.59 Å². The number of rotatable bonds is 5. The zero-order chi connectivity index (χ0) is 8.69. The summed E-state index contributed by atoms with van der Waals surface area (Å²) in [4.78, 5) is 22.4. The fraction of sp³-hybridized carbons (Fsp3) is 0.625. The van der Waals surface area contributed by atoms with Gasteiger partial charge in [-0.05, 0) is 12.8 Å². The quantitative estimate of drug-likeness (QED) is 0.440. The van der Waals surface area contributed by atoms with E-state index in [-0.39, 0.29) is 0 Å². The summed E-state index contributed by atoms with van der Waals surface area (Å²) < 4.78 is 0. The van der Waals surface area contributed by atoms with Gasteiger partial charge in [0, 0.05) is 6.54 Å². The number of hydrogen-bond acceptors (Lipinski definition) is 2. The molecule has 0 unspecified atom stereocenters. The maximum Gasteiger partial charge on any atom is 0.287 e. The summed E-state index contributed by atoms with van der Waals surface area (Å²) in [5.74, 6) is -0.450. The molecule has 3 heteroatoms. The lowest BCUT2D eigenvalue weighted by molar-refractivity contribution is -0.137.